The maximum absolute atomic E-state index is 5.36. The highest BCUT2D eigenvalue weighted by Crippen LogP contribution is 2.15. The highest BCUT2D eigenvalue weighted by Gasteiger charge is 2.23. The highest BCUT2D eigenvalue weighted by atomic mass is 16.5. The number of hydrogen-bond donors (Lipinski definition) is 0. The number of rotatable bonds is 2. The Bertz CT molecular complexity index is 206. The second-order valence-corrected chi connectivity index (χ2v) is 2.48. The second kappa shape index (κ2) is 3.37. The lowest BCUT2D eigenvalue weighted by atomic mass is 10.1. The molecule has 0 saturated carbocycles. The van der Waals surface area contributed by atoms with E-state index in [4.69, 9.17) is 4.74 Å². The fraction of sp³-hybridized carbons (Fsp3) is 0.444. The van der Waals surface area contributed by atoms with Crippen LogP contribution in [0.1, 0.15) is 13.8 Å². The van der Waals surface area contributed by atoms with Crippen LogP contribution in [0.2, 0.25) is 0 Å². The van der Waals surface area contributed by atoms with Crippen molar-refractivity contribution in [3.63, 3.8) is 0 Å². The summed E-state index contributed by atoms with van der Waals surface area (Å²) in [5.74, 6) is 0.748. The Balaban J connectivity index is 2.68. The molecule has 0 amide bonds. The van der Waals surface area contributed by atoms with Gasteiger partial charge in [0.15, 0.2) is 5.90 Å². The van der Waals surface area contributed by atoms with E-state index in [1.54, 1.807) is 6.08 Å². The number of hydrogen-bond acceptors (Lipinski definition) is 2. The first-order valence-corrected chi connectivity index (χ1v) is 3.74. The highest BCUT2D eigenvalue weighted by molar-refractivity contribution is 5.75. The molecule has 1 rings (SSSR count). The van der Waals surface area contributed by atoms with Gasteiger partial charge in [-0.3, -0.25) is 0 Å². The van der Waals surface area contributed by atoms with Gasteiger partial charge in [0.1, 0.15) is 12.1 Å². The molecule has 0 fully saturated rings. The summed E-state index contributed by atoms with van der Waals surface area (Å²) in [6.45, 7) is 7.51. The Morgan fingerprint density at radius 2 is 2.36 bits per heavy atom. The lowest BCUT2D eigenvalue weighted by molar-refractivity contribution is 0.254. The predicted molar refractivity (Wildman–Crippen MR) is 46.8 cm³/mol. The molecule has 0 aromatic rings. The number of aliphatic imine (C=N–C) groups is 1. The van der Waals surface area contributed by atoms with E-state index in [2.05, 4.69) is 11.6 Å². The van der Waals surface area contributed by atoms with Crippen molar-refractivity contribution >= 4 is 5.90 Å². The molecule has 2 atom stereocenters. The monoisotopic (exact) mass is 151 g/mol. The van der Waals surface area contributed by atoms with Crippen LogP contribution in [-0.2, 0) is 4.74 Å². The number of allylic oxidation sites excluding steroid dienone is 1. The van der Waals surface area contributed by atoms with E-state index in [1.165, 1.54) is 0 Å². The molecule has 0 aliphatic carbocycles. The van der Waals surface area contributed by atoms with Crippen molar-refractivity contribution in [3.05, 3.63) is 24.8 Å². The maximum atomic E-state index is 5.36. The molecule has 0 aromatic heterocycles. The van der Waals surface area contributed by atoms with E-state index in [0.29, 0.717) is 0 Å². The van der Waals surface area contributed by atoms with Gasteiger partial charge in [0, 0.05) is 6.92 Å². The first kappa shape index (κ1) is 8.05. The quantitative estimate of drug-likeness (QED) is 0.553. The lowest BCUT2D eigenvalue weighted by Gasteiger charge is -2.08. The Kier molecular flexibility index (Phi) is 2.47. The molecule has 0 radical (unpaired) electrons. The van der Waals surface area contributed by atoms with Crippen molar-refractivity contribution in [1.29, 1.82) is 0 Å². The van der Waals surface area contributed by atoms with Crippen LogP contribution in [0.3, 0.4) is 0 Å². The van der Waals surface area contributed by atoms with E-state index in [9.17, 15) is 0 Å². The molecular formula is C9H13NO. The van der Waals surface area contributed by atoms with Crippen molar-refractivity contribution in [2.24, 2.45) is 4.99 Å². The topological polar surface area (TPSA) is 21.6 Å². The molecule has 1 aliphatic rings. The van der Waals surface area contributed by atoms with Crippen molar-refractivity contribution < 1.29 is 4.74 Å². The van der Waals surface area contributed by atoms with E-state index in [-0.39, 0.29) is 12.1 Å². The third-order valence-electron chi connectivity index (χ3n) is 1.60. The zero-order valence-electron chi connectivity index (χ0n) is 6.95. The molecule has 0 N–H and O–H groups in total. The predicted octanol–water partition coefficient (Wildman–Crippen LogP) is 1.93. The van der Waals surface area contributed by atoms with Gasteiger partial charge in [-0.1, -0.05) is 18.7 Å². The smallest absolute Gasteiger partial charge is 0.181 e. The molecular weight excluding hydrogens is 138 g/mol. The third kappa shape index (κ3) is 1.70. The summed E-state index contributed by atoms with van der Waals surface area (Å²) in [4.78, 5) is 4.27. The molecule has 11 heavy (non-hydrogen) atoms. The summed E-state index contributed by atoms with van der Waals surface area (Å²) in [5.41, 5.74) is 0. The van der Waals surface area contributed by atoms with Crippen LogP contribution < -0.4 is 0 Å². The average molecular weight is 151 g/mol. The standard InChI is InChI=1S/C9H13NO/c1-4-6-8-9(5-2)11-7(3)10-8/h4-6,8-9H,2H2,1,3H3/b6-4-. The Hall–Kier alpha value is -1.05. The van der Waals surface area contributed by atoms with Gasteiger partial charge in [0.25, 0.3) is 0 Å². The van der Waals surface area contributed by atoms with Gasteiger partial charge >= 0.3 is 0 Å². The van der Waals surface area contributed by atoms with Crippen LogP contribution >= 0.6 is 0 Å². The van der Waals surface area contributed by atoms with Crippen LogP contribution in [0.4, 0.5) is 0 Å². The lowest BCUT2D eigenvalue weighted by Crippen LogP contribution is -2.16. The summed E-state index contributed by atoms with van der Waals surface area (Å²) >= 11 is 0. The van der Waals surface area contributed by atoms with Gasteiger partial charge in [-0.05, 0) is 13.0 Å². The van der Waals surface area contributed by atoms with Gasteiger partial charge in [0.05, 0.1) is 0 Å². The summed E-state index contributed by atoms with van der Waals surface area (Å²) in [6.07, 6.45) is 5.81. The first-order chi connectivity index (χ1) is 5.27. The molecule has 60 valence electrons. The number of nitrogens with zero attached hydrogens (tertiary/aromatic N) is 1. The van der Waals surface area contributed by atoms with Crippen LogP contribution in [-0.4, -0.2) is 18.0 Å². The van der Waals surface area contributed by atoms with E-state index in [0.717, 1.165) is 5.90 Å². The zero-order valence-corrected chi connectivity index (χ0v) is 6.95. The fourth-order valence-electron chi connectivity index (χ4n) is 1.12. The van der Waals surface area contributed by atoms with Gasteiger partial charge in [-0.2, -0.15) is 0 Å². The second-order valence-electron chi connectivity index (χ2n) is 2.48. The van der Waals surface area contributed by atoms with Gasteiger partial charge in [-0.25, -0.2) is 4.99 Å². The van der Waals surface area contributed by atoms with Crippen molar-refractivity contribution in [3.8, 4) is 0 Å². The van der Waals surface area contributed by atoms with E-state index in [1.807, 2.05) is 26.0 Å². The van der Waals surface area contributed by atoms with Gasteiger partial charge < -0.3 is 4.74 Å². The summed E-state index contributed by atoms with van der Waals surface area (Å²) in [5, 5.41) is 0. The Morgan fingerprint density at radius 1 is 1.64 bits per heavy atom. The summed E-state index contributed by atoms with van der Waals surface area (Å²) in [6, 6.07) is 0.137. The van der Waals surface area contributed by atoms with E-state index >= 15 is 0 Å². The molecule has 2 unspecified atom stereocenters. The number of ether oxygens (including phenoxy) is 1. The van der Waals surface area contributed by atoms with Gasteiger partial charge in [-0.15, -0.1) is 0 Å². The Labute approximate surface area is 67.3 Å². The molecule has 2 heteroatoms. The molecule has 0 aromatic carbocycles. The van der Waals surface area contributed by atoms with Crippen molar-refractivity contribution in [2.75, 3.05) is 0 Å². The van der Waals surface area contributed by atoms with Crippen molar-refractivity contribution in [1.82, 2.24) is 0 Å². The fourth-order valence-corrected chi connectivity index (χ4v) is 1.12. The minimum Gasteiger partial charge on any atom is -0.471 e. The molecule has 0 saturated heterocycles. The summed E-state index contributed by atoms with van der Waals surface area (Å²) < 4.78 is 5.36. The maximum Gasteiger partial charge on any atom is 0.181 e. The molecule has 0 spiro atoms. The van der Waals surface area contributed by atoms with Gasteiger partial charge in [0.2, 0.25) is 0 Å². The summed E-state index contributed by atoms with van der Waals surface area (Å²) in [7, 11) is 0. The molecule has 1 heterocycles. The largest absolute Gasteiger partial charge is 0.471 e. The van der Waals surface area contributed by atoms with Crippen molar-refractivity contribution in [2.45, 2.75) is 26.0 Å². The average Bonchev–Trinajstić information content (AvgIpc) is 2.32. The minimum absolute atomic E-state index is 0.0335. The normalized spacial score (nSPS) is 30.2. The SMILES string of the molecule is C=CC1OC(C)=NC1/C=C\C. The van der Waals surface area contributed by atoms with Crippen LogP contribution in [0.5, 0.6) is 0 Å². The van der Waals surface area contributed by atoms with Crippen LogP contribution in [0.15, 0.2) is 29.8 Å². The first-order valence-electron chi connectivity index (χ1n) is 3.74. The van der Waals surface area contributed by atoms with Crippen LogP contribution in [0, 0.1) is 0 Å². The molecule has 2 nitrogen and oxygen atoms in total. The Morgan fingerprint density at radius 3 is 2.91 bits per heavy atom. The molecule has 0 bridgehead atoms. The zero-order chi connectivity index (χ0) is 8.27. The molecule has 1 aliphatic heterocycles. The van der Waals surface area contributed by atoms with Crippen LogP contribution in [0.25, 0.3) is 0 Å². The minimum atomic E-state index is 0.0335. The third-order valence-corrected chi connectivity index (χ3v) is 1.60. The van der Waals surface area contributed by atoms with E-state index < -0.39 is 0 Å².